The van der Waals surface area contributed by atoms with Crippen molar-refractivity contribution in [3.05, 3.63) is 42.0 Å². The molecule has 0 aliphatic carbocycles. The number of ether oxygens (including phenoxy) is 1. The normalized spacial score (nSPS) is 13.7. The molecule has 0 saturated heterocycles. The predicted molar refractivity (Wildman–Crippen MR) is 76.6 cm³/mol. The molecule has 6 heteroatoms. The van der Waals surface area contributed by atoms with Crippen LogP contribution in [0.1, 0.15) is 16.2 Å². The highest BCUT2D eigenvalue weighted by Crippen LogP contribution is 2.32. The number of anilines is 1. The first-order valence-corrected chi connectivity index (χ1v) is 6.64. The third kappa shape index (κ3) is 2.18. The van der Waals surface area contributed by atoms with Gasteiger partial charge in [-0.1, -0.05) is 0 Å². The fourth-order valence-corrected chi connectivity index (χ4v) is 2.47. The second-order valence-corrected chi connectivity index (χ2v) is 4.84. The van der Waals surface area contributed by atoms with Crippen LogP contribution >= 0.6 is 0 Å². The van der Waals surface area contributed by atoms with Crippen LogP contribution in [0.3, 0.4) is 0 Å². The lowest BCUT2D eigenvalue weighted by atomic mass is 10.1. The number of carbonyl (C=O) groups is 2. The van der Waals surface area contributed by atoms with E-state index in [0.717, 1.165) is 5.82 Å². The van der Waals surface area contributed by atoms with Gasteiger partial charge >= 0.3 is 0 Å². The van der Waals surface area contributed by atoms with Gasteiger partial charge in [0.05, 0.1) is 18.4 Å². The molecule has 1 aromatic heterocycles. The third-order valence-electron chi connectivity index (χ3n) is 3.67. The van der Waals surface area contributed by atoms with Crippen molar-refractivity contribution in [3.63, 3.8) is 0 Å². The highest BCUT2D eigenvalue weighted by Gasteiger charge is 2.35. The number of methoxy groups -OCH3 is 1. The van der Waals surface area contributed by atoms with E-state index < -0.39 is 11.7 Å². The smallest absolute Gasteiger partial charge is 0.299 e. The van der Waals surface area contributed by atoms with Gasteiger partial charge in [-0.15, -0.1) is 0 Å². The summed E-state index contributed by atoms with van der Waals surface area (Å²) < 4.78 is 7.10. The molecule has 0 radical (unpaired) electrons. The van der Waals surface area contributed by atoms with Crippen molar-refractivity contribution in [2.24, 2.45) is 0 Å². The van der Waals surface area contributed by atoms with Crippen molar-refractivity contribution < 1.29 is 14.3 Å². The van der Waals surface area contributed by atoms with Crippen LogP contribution in [0.5, 0.6) is 5.75 Å². The van der Waals surface area contributed by atoms with Crippen LogP contribution in [0.25, 0.3) is 0 Å². The lowest BCUT2D eigenvalue weighted by Gasteiger charge is -2.17. The molecule has 1 aliphatic heterocycles. The summed E-state index contributed by atoms with van der Waals surface area (Å²) >= 11 is 0. The molecule has 1 aliphatic rings. The Hall–Kier alpha value is -2.63. The number of aromatic nitrogens is 2. The number of fused-ring (bicyclic) bond motifs is 1. The van der Waals surface area contributed by atoms with E-state index in [-0.39, 0.29) is 0 Å². The van der Waals surface area contributed by atoms with Crippen LogP contribution in [-0.2, 0) is 11.3 Å². The van der Waals surface area contributed by atoms with Gasteiger partial charge < -0.3 is 14.2 Å². The summed E-state index contributed by atoms with van der Waals surface area (Å²) in [5, 5.41) is 0. The number of amides is 1. The maximum absolute atomic E-state index is 12.1. The molecule has 108 valence electrons. The molecular formula is C15H15N3O3. The van der Waals surface area contributed by atoms with Gasteiger partial charge in [-0.05, 0) is 19.1 Å². The molecule has 2 aromatic rings. The molecule has 1 amide bonds. The molecule has 0 bridgehead atoms. The van der Waals surface area contributed by atoms with Crippen LogP contribution in [0.2, 0.25) is 0 Å². The molecule has 0 spiro atoms. The molecule has 0 saturated carbocycles. The van der Waals surface area contributed by atoms with Crippen molar-refractivity contribution in [2.75, 3.05) is 18.6 Å². The first-order chi connectivity index (χ1) is 10.1. The average Bonchev–Trinajstić information content (AvgIpc) is 3.00. The van der Waals surface area contributed by atoms with E-state index in [4.69, 9.17) is 4.74 Å². The summed E-state index contributed by atoms with van der Waals surface area (Å²) in [6.45, 7) is 2.90. The van der Waals surface area contributed by atoms with Crippen molar-refractivity contribution in [1.29, 1.82) is 0 Å². The largest absolute Gasteiger partial charge is 0.497 e. The number of nitrogens with zero attached hydrogens (tertiary/aromatic N) is 3. The number of Topliss-reactive ketones (excluding diaryl/α,β-unsaturated/α-hetero) is 1. The fraction of sp³-hybridized carbons (Fsp3) is 0.267. The molecule has 0 N–H and O–H groups in total. The van der Waals surface area contributed by atoms with E-state index in [0.29, 0.717) is 30.1 Å². The summed E-state index contributed by atoms with van der Waals surface area (Å²) in [5.74, 6) is 0.546. The fourth-order valence-electron chi connectivity index (χ4n) is 2.47. The van der Waals surface area contributed by atoms with Crippen LogP contribution < -0.4 is 9.64 Å². The minimum atomic E-state index is -0.490. The average molecular weight is 285 g/mol. The zero-order valence-corrected chi connectivity index (χ0v) is 11.9. The third-order valence-corrected chi connectivity index (χ3v) is 3.67. The van der Waals surface area contributed by atoms with Gasteiger partial charge in [0.2, 0.25) is 0 Å². The van der Waals surface area contributed by atoms with Crippen molar-refractivity contribution in [1.82, 2.24) is 9.55 Å². The standard InChI is InChI=1S/C15H15N3O3/c1-10-16-5-6-17(10)7-8-18-13-9-11(21-2)3-4-12(13)14(19)15(18)20/h3-6,9H,7-8H2,1-2H3. The molecule has 0 atom stereocenters. The lowest BCUT2D eigenvalue weighted by molar-refractivity contribution is -0.114. The Morgan fingerprint density at radius 2 is 2.05 bits per heavy atom. The van der Waals surface area contributed by atoms with Gasteiger partial charge in [0, 0.05) is 31.5 Å². The first kappa shape index (κ1) is 13.4. The number of hydrogen-bond acceptors (Lipinski definition) is 4. The molecular weight excluding hydrogens is 270 g/mol. The lowest BCUT2D eigenvalue weighted by Crippen LogP contribution is -2.32. The summed E-state index contributed by atoms with van der Waals surface area (Å²) in [4.78, 5) is 29.7. The summed E-state index contributed by atoms with van der Waals surface area (Å²) in [5.41, 5.74) is 1.05. The van der Waals surface area contributed by atoms with E-state index >= 15 is 0 Å². The second kappa shape index (κ2) is 5.05. The van der Waals surface area contributed by atoms with Crippen molar-refractivity contribution in [3.8, 4) is 5.75 Å². The van der Waals surface area contributed by atoms with E-state index in [1.807, 2.05) is 17.7 Å². The number of aryl methyl sites for hydroxylation is 1. The molecule has 0 fully saturated rings. The highest BCUT2D eigenvalue weighted by atomic mass is 16.5. The van der Waals surface area contributed by atoms with Crippen molar-refractivity contribution in [2.45, 2.75) is 13.5 Å². The Morgan fingerprint density at radius 1 is 1.24 bits per heavy atom. The van der Waals surface area contributed by atoms with Crippen LogP contribution in [0.4, 0.5) is 5.69 Å². The van der Waals surface area contributed by atoms with Gasteiger partial charge in [0.15, 0.2) is 0 Å². The zero-order valence-electron chi connectivity index (χ0n) is 11.9. The van der Waals surface area contributed by atoms with Crippen molar-refractivity contribution >= 4 is 17.4 Å². The Morgan fingerprint density at radius 3 is 2.71 bits per heavy atom. The maximum Gasteiger partial charge on any atom is 0.299 e. The Balaban J connectivity index is 1.88. The van der Waals surface area contributed by atoms with E-state index in [9.17, 15) is 9.59 Å². The molecule has 6 nitrogen and oxygen atoms in total. The van der Waals surface area contributed by atoms with Gasteiger partial charge in [-0.2, -0.15) is 0 Å². The van der Waals surface area contributed by atoms with Gasteiger partial charge in [-0.3, -0.25) is 9.59 Å². The first-order valence-electron chi connectivity index (χ1n) is 6.64. The number of hydrogen-bond donors (Lipinski definition) is 0. The number of benzene rings is 1. The molecule has 3 rings (SSSR count). The second-order valence-electron chi connectivity index (χ2n) is 4.84. The topological polar surface area (TPSA) is 64.4 Å². The molecule has 0 unspecified atom stereocenters. The number of ketones is 1. The van der Waals surface area contributed by atoms with E-state index in [2.05, 4.69) is 4.98 Å². The van der Waals surface area contributed by atoms with Crippen LogP contribution in [0.15, 0.2) is 30.6 Å². The van der Waals surface area contributed by atoms with Gasteiger partial charge in [0.1, 0.15) is 11.6 Å². The minimum absolute atomic E-state index is 0.419. The van der Waals surface area contributed by atoms with Gasteiger partial charge in [-0.25, -0.2) is 4.98 Å². The van der Waals surface area contributed by atoms with E-state index in [1.54, 1.807) is 31.5 Å². The zero-order chi connectivity index (χ0) is 15.0. The Bertz CT molecular complexity index is 721. The Kier molecular flexibility index (Phi) is 3.21. The van der Waals surface area contributed by atoms with Gasteiger partial charge in [0.25, 0.3) is 11.7 Å². The summed E-state index contributed by atoms with van der Waals surface area (Å²) in [6.07, 6.45) is 3.56. The maximum atomic E-state index is 12.1. The van der Waals surface area contributed by atoms with Crippen LogP contribution in [0, 0.1) is 6.92 Å². The summed E-state index contributed by atoms with van der Waals surface area (Å²) in [6, 6.07) is 5.04. The highest BCUT2D eigenvalue weighted by molar-refractivity contribution is 6.52. The number of imidazole rings is 1. The minimum Gasteiger partial charge on any atom is -0.497 e. The monoisotopic (exact) mass is 285 g/mol. The number of carbonyl (C=O) groups excluding carboxylic acids is 2. The Labute approximate surface area is 122 Å². The predicted octanol–water partition coefficient (Wildman–Crippen LogP) is 1.43. The molecule has 21 heavy (non-hydrogen) atoms. The summed E-state index contributed by atoms with van der Waals surface area (Å²) in [7, 11) is 1.56. The SMILES string of the molecule is COc1ccc2c(c1)N(CCn1ccnc1C)C(=O)C2=O. The molecule has 1 aromatic carbocycles. The van der Waals surface area contributed by atoms with E-state index in [1.165, 1.54) is 4.90 Å². The molecule has 2 heterocycles. The quantitative estimate of drug-likeness (QED) is 0.797. The van der Waals surface area contributed by atoms with Crippen LogP contribution in [-0.4, -0.2) is 34.9 Å². The number of rotatable bonds is 4.